The summed E-state index contributed by atoms with van der Waals surface area (Å²) in [5.74, 6) is 0.469. The number of aromatic hydroxyl groups is 1. The zero-order valence-electron chi connectivity index (χ0n) is 14.2. The van der Waals surface area contributed by atoms with E-state index in [-0.39, 0.29) is 23.4 Å². The highest BCUT2D eigenvalue weighted by atomic mass is 16.3. The SMILES string of the molecule is CN(Cc1cccc(O)c1)C(=O)c1cccc(C2C=CC(=O)CC2)c1. The second-order valence-corrected chi connectivity index (χ2v) is 6.43. The van der Waals surface area contributed by atoms with E-state index in [4.69, 9.17) is 0 Å². The Balaban J connectivity index is 1.74. The number of amides is 1. The van der Waals surface area contributed by atoms with Crippen molar-refractivity contribution in [1.82, 2.24) is 4.90 Å². The van der Waals surface area contributed by atoms with Crippen LogP contribution in [0.3, 0.4) is 0 Å². The molecule has 1 aliphatic rings. The van der Waals surface area contributed by atoms with Gasteiger partial charge in [0.2, 0.25) is 0 Å². The predicted molar refractivity (Wildman–Crippen MR) is 96.5 cm³/mol. The summed E-state index contributed by atoms with van der Waals surface area (Å²) in [5.41, 5.74) is 2.56. The maximum absolute atomic E-state index is 12.7. The molecule has 0 bridgehead atoms. The summed E-state index contributed by atoms with van der Waals surface area (Å²) in [4.78, 5) is 25.7. The van der Waals surface area contributed by atoms with Gasteiger partial charge in [-0.25, -0.2) is 0 Å². The molecule has 2 aromatic carbocycles. The quantitative estimate of drug-likeness (QED) is 0.927. The topological polar surface area (TPSA) is 57.6 Å². The first kappa shape index (κ1) is 17.0. The molecule has 4 heteroatoms. The maximum Gasteiger partial charge on any atom is 0.253 e. The van der Waals surface area contributed by atoms with Crippen molar-refractivity contribution >= 4 is 11.7 Å². The molecule has 3 rings (SSSR count). The molecule has 25 heavy (non-hydrogen) atoms. The Morgan fingerprint density at radius 1 is 1.20 bits per heavy atom. The Bertz CT molecular complexity index is 825. The number of hydrogen-bond donors (Lipinski definition) is 1. The molecule has 0 radical (unpaired) electrons. The first-order valence-corrected chi connectivity index (χ1v) is 8.37. The summed E-state index contributed by atoms with van der Waals surface area (Å²) >= 11 is 0. The molecule has 128 valence electrons. The number of carbonyl (C=O) groups excluding carboxylic acids is 2. The minimum atomic E-state index is -0.0685. The smallest absolute Gasteiger partial charge is 0.253 e. The third kappa shape index (κ3) is 4.15. The van der Waals surface area contributed by atoms with Crippen LogP contribution in [0.1, 0.15) is 40.2 Å². The molecule has 0 heterocycles. The zero-order valence-corrected chi connectivity index (χ0v) is 14.2. The summed E-state index contributed by atoms with van der Waals surface area (Å²) in [7, 11) is 1.75. The van der Waals surface area contributed by atoms with Gasteiger partial charge in [0.1, 0.15) is 5.75 Å². The lowest BCUT2D eigenvalue weighted by Crippen LogP contribution is -2.26. The number of nitrogens with zero attached hydrogens (tertiary/aromatic N) is 1. The van der Waals surface area contributed by atoms with Crippen LogP contribution in [0.15, 0.2) is 60.7 Å². The number of hydrogen-bond acceptors (Lipinski definition) is 3. The van der Waals surface area contributed by atoms with Crippen LogP contribution >= 0.6 is 0 Å². The Morgan fingerprint density at radius 2 is 2.00 bits per heavy atom. The fourth-order valence-corrected chi connectivity index (χ4v) is 3.10. The average Bonchev–Trinajstić information content (AvgIpc) is 2.62. The van der Waals surface area contributed by atoms with Crippen LogP contribution in [-0.2, 0) is 11.3 Å². The number of ketones is 1. The van der Waals surface area contributed by atoms with Gasteiger partial charge < -0.3 is 10.0 Å². The molecule has 0 spiro atoms. The van der Waals surface area contributed by atoms with Gasteiger partial charge in [-0.15, -0.1) is 0 Å². The van der Waals surface area contributed by atoms with Gasteiger partial charge in [0, 0.05) is 31.5 Å². The van der Waals surface area contributed by atoms with Crippen LogP contribution < -0.4 is 0 Å². The Hall–Kier alpha value is -2.88. The number of phenols is 1. The summed E-state index contributed by atoms with van der Waals surface area (Å²) in [6, 6.07) is 14.5. The second kappa shape index (κ2) is 7.34. The molecule has 1 unspecified atom stereocenters. The largest absolute Gasteiger partial charge is 0.508 e. The molecule has 2 aromatic rings. The van der Waals surface area contributed by atoms with E-state index in [9.17, 15) is 14.7 Å². The normalized spacial score (nSPS) is 16.7. The molecule has 1 aliphatic carbocycles. The van der Waals surface area contributed by atoms with E-state index >= 15 is 0 Å². The average molecular weight is 335 g/mol. The third-order valence-corrected chi connectivity index (χ3v) is 4.45. The van der Waals surface area contributed by atoms with Crippen molar-refractivity contribution in [2.24, 2.45) is 0 Å². The molecule has 4 nitrogen and oxygen atoms in total. The van der Waals surface area contributed by atoms with Gasteiger partial charge in [0.25, 0.3) is 5.91 Å². The zero-order chi connectivity index (χ0) is 17.8. The van der Waals surface area contributed by atoms with Crippen molar-refractivity contribution in [2.75, 3.05) is 7.05 Å². The van der Waals surface area contributed by atoms with E-state index in [2.05, 4.69) is 0 Å². The monoisotopic (exact) mass is 335 g/mol. The van der Waals surface area contributed by atoms with Gasteiger partial charge in [-0.2, -0.15) is 0 Å². The van der Waals surface area contributed by atoms with Gasteiger partial charge in [0.15, 0.2) is 5.78 Å². The van der Waals surface area contributed by atoms with Crippen LogP contribution in [0, 0.1) is 0 Å². The molecule has 1 atom stereocenters. The lowest BCUT2D eigenvalue weighted by molar-refractivity contribution is -0.115. The first-order chi connectivity index (χ1) is 12.0. The van der Waals surface area contributed by atoms with E-state index in [0.29, 0.717) is 18.5 Å². The Morgan fingerprint density at radius 3 is 2.72 bits per heavy atom. The molecular formula is C21H21NO3. The van der Waals surface area contributed by atoms with Crippen molar-refractivity contribution in [1.29, 1.82) is 0 Å². The minimum absolute atomic E-state index is 0.0685. The predicted octanol–water partition coefficient (Wildman–Crippen LogP) is 3.67. The van der Waals surface area contributed by atoms with Gasteiger partial charge in [-0.05, 0) is 47.9 Å². The summed E-state index contributed by atoms with van der Waals surface area (Å²) < 4.78 is 0. The van der Waals surface area contributed by atoms with Crippen molar-refractivity contribution in [3.8, 4) is 5.75 Å². The van der Waals surface area contributed by atoms with E-state index in [1.54, 1.807) is 36.2 Å². The number of allylic oxidation sites excluding steroid dienone is 2. The lowest BCUT2D eigenvalue weighted by atomic mass is 9.88. The molecule has 0 fully saturated rings. The van der Waals surface area contributed by atoms with Gasteiger partial charge in [-0.1, -0.05) is 30.3 Å². The lowest BCUT2D eigenvalue weighted by Gasteiger charge is -2.20. The fraction of sp³-hybridized carbons (Fsp3) is 0.238. The highest BCUT2D eigenvalue weighted by Gasteiger charge is 2.18. The number of benzene rings is 2. The number of phenolic OH excluding ortho intramolecular Hbond substituents is 1. The minimum Gasteiger partial charge on any atom is -0.508 e. The van der Waals surface area contributed by atoms with E-state index in [1.807, 2.05) is 36.4 Å². The van der Waals surface area contributed by atoms with Gasteiger partial charge in [-0.3, -0.25) is 9.59 Å². The highest BCUT2D eigenvalue weighted by molar-refractivity contribution is 5.94. The molecule has 1 amide bonds. The molecule has 0 aliphatic heterocycles. The second-order valence-electron chi connectivity index (χ2n) is 6.43. The first-order valence-electron chi connectivity index (χ1n) is 8.37. The molecule has 0 saturated heterocycles. The fourth-order valence-electron chi connectivity index (χ4n) is 3.10. The van der Waals surface area contributed by atoms with Gasteiger partial charge in [0.05, 0.1) is 0 Å². The summed E-state index contributed by atoms with van der Waals surface area (Å²) in [6.07, 6.45) is 4.89. The van der Waals surface area contributed by atoms with E-state index < -0.39 is 0 Å². The maximum atomic E-state index is 12.7. The summed E-state index contributed by atoms with van der Waals surface area (Å²) in [5, 5.41) is 9.55. The van der Waals surface area contributed by atoms with Crippen LogP contribution in [0.25, 0.3) is 0 Å². The van der Waals surface area contributed by atoms with Crippen molar-refractivity contribution < 1.29 is 14.7 Å². The molecule has 0 saturated carbocycles. The Labute approximate surface area is 147 Å². The molecule has 1 N–H and O–H groups in total. The van der Waals surface area contributed by atoms with Crippen molar-refractivity contribution in [3.05, 3.63) is 77.4 Å². The van der Waals surface area contributed by atoms with Crippen molar-refractivity contribution in [2.45, 2.75) is 25.3 Å². The summed E-state index contributed by atoms with van der Waals surface area (Å²) in [6.45, 7) is 0.426. The number of carbonyl (C=O) groups is 2. The molecule has 0 aromatic heterocycles. The van der Waals surface area contributed by atoms with Crippen LogP contribution in [0.2, 0.25) is 0 Å². The van der Waals surface area contributed by atoms with Crippen LogP contribution in [-0.4, -0.2) is 28.7 Å². The Kier molecular flexibility index (Phi) is 4.98. The third-order valence-electron chi connectivity index (χ3n) is 4.45. The van der Waals surface area contributed by atoms with Crippen LogP contribution in [0.5, 0.6) is 5.75 Å². The van der Waals surface area contributed by atoms with Crippen LogP contribution in [0.4, 0.5) is 0 Å². The van der Waals surface area contributed by atoms with E-state index in [0.717, 1.165) is 17.5 Å². The van der Waals surface area contributed by atoms with E-state index in [1.165, 1.54) is 0 Å². The number of rotatable bonds is 4. The highest BCUT2D eigenvalue weighted by Crippen LogP contribution is 2.27. The molecular weight excluding hydrogens is 314 g/mol. The van der Waals surface area contributed by atoms with Crippen molar-refractivity contribution in [3.63, 3.8) is 0 Å². The van der Waals surface area contributed by atoms with Gasteiger partial charge >= 0.3 is 0 Å². The standard InChI is InChI=1S/C21H21NO3/c1-22(14-15-4-2-7-20(24)12-15)21(25)18-6-3-5-17(13-18)16-8-10-19(23)11-9-16/h2-8,10,12-13,16,24H,9,11,14H2,1H3.